The number of hydrogen-bond donors (Lipinski definition) is 2. The van der Waals surface area contributed by atoms with Gasteiger partial charge in [-0.15, -0.1) is 0 Å². The van der Waals surface area contributed by atoms with Gasteiger partial charge in [-0.25, -0.2) is 4.39 Å². The maximum absolute atomic E-state index is 13.6. The smallest absolute Gasteiger partial charge is 0.287 e. The van der Waals surface area contributed by atoms with Gasteiger partial charge in [0.25, 0.3) is 5.91 Å². The molecule has 0 saturated heterocycles. The van der Waals surface area contributed by atoms with E-state index >= 15 is 0 Å². The third-order valence-electron chi connectivity index (χ3n) is 3.65. The second kappa shape index (κ2) is 6.56. The number of carbonyl (C=O) groups excluding carboxylic acids is 1. The highest BCUT2D eigenvalue weighted by Gasteiger charge is 2.15. The number of carbonyl (C=O) groups is 1. The number of aromatic amines is 1. The largest absolute Gasteiger partial charge is 0.448 e. The Labute approximate surface area is 142 Å². The molecule has 126 valence electrons. The number of fused-ring (bicyclic) bond motifs is 1. The van der Waals surface area contributed by atoms with Crippen LogP contribution >= 0.6 is 12.2 Å². The molecule has 1 aromatic carbocycles. The van der Waals surface area contributed by atoms with Crippen molar-refractivity contribution >= 4 is 29.1 Å². The van der Waals surface area contributed by atoms with E-state index in [9.17, 15) is 9.18 Å². The van der Waals surface area contributed by atoms with Crippen molar-refractivity contribution in [1.82, 2.24) is 20.1 Å². The number of aromatic nitrogens is 3. The number of para-hydroxylation sites is 1. The summed E-state index contributed by atoms with van der Waals surface area (Å²) in [5, 5.41) is 10.2. The van der Waals surface area contributed by atoms with Crippen LogP contribution in [-0.2, 0) is 6.54 Å². The summed E-state index contributed by atoms with van der Waals surface area (Å²) in [4.78, 5) is 12.2. The summed E-state index contributed by atoms with van der Waals surface area (Å²) < 4.78 is 21.3. The Balaban J connectivity index is 1.68. The van der Waals surface area contributed by atoms with E-state index in [2.05, 4.69) is 15.5 Å². The topological polar surface area (TPSA) is 75.8 Å². The van der Waals surface area contributed by atoms with Crippen LogP contribution in [0.2, 0.25) is 0 Å². The molecule has 0 spiro atoms. The summed E-state index contributed by atoms with van der Waals surface area (Å²) in [5.41, 5.74) is 0.0850. The lowest BCUT2D eigenvalue weighted by Crippen LogP contribution is -2.27. The van der Waals surface area contributed by atoms with Crippen molar-refractivity contribution in [3.63, 3.8) is 0 Å². The molecule has 6 nitrogen and oxygen atoms in total. The van der Waals surface area contributed by atoms with E-state index in [0.717, 1.165) is 5.82 Å². The molecule has 0 unspecified atom stereocenters. The second-order valence-corrected chi connectivity index (χ2v) is 6.10. The molecule has 0 fully saturated rings. The van der Waals surface area contributed by atoms with Crippen LogP contribution in [0.3, 0.4) is 0 Å². The maximum atomic E-state index is 13.6. The average molecular weight is 348 g/mol. The van der Waals surface area contributed by atoms with Crippen molar-refractivity contribution in [2.45, 2.75) is 26.3 Å². The van der Waals surface area contributed by atoms with Crippen LogP contribution in [-0.4, -0.2) is 27.2 Å². The number of amides is 1. The number of H-pyrrole nitrogens is 1. The molecule has 0 aliphatic rings. The van der Waals surface area contributed by atoms with E-state index in [-0.39, 0.29) is 17.3 Å². The molecule has 3 rings (SSSR count). The Hall–Kier alpha value is -2.48. The normalized spacial score (nSPS) is 11.3. The van der Waals surface area contributed by atoms with Crippen molar-refractivity contribution in [2.24, 2.45) is 0 Å². The minimum atomic E-state index is -0.488. The fourth-order valence-electron chi connectivity index (χ4n) is 2.49. The van der Waals surface area contributed by atoms with Gasteiger partial charge in [0.15, 0.2) is 21.9 Å². The van der Waals surface area contributed by atoms with Gasteiger partial charge in [-0.3, -0.25) is 9.89 Å². The van der Waals surface area contributed by atoms with E-state index in [1.165, 1.54) is 12.1 Å². The van der Waals surface area contributed by atoms with Gasteiger partial charge in [-0.2, -0.15) is 5.10 Å². The Kier molecular flexibility index (Phi) is 4.48. The Morgan fingerprint density at radius 2 is 2.29 bits per heavy atom. The monoisotopic (exact) mass is 348 g/mol. The van der Waals surface area contributed by atoms with Gasteiger partial charge in [-0.1, -0.05) is 26.0 Å². The molecule has 8 heteroatoms. The number of halogens is 1. The molecule has 3 aromatic rings. The zero-order chi connectivity index (χ0) is 17.3. The molecule has 0 aliphatic carbocycles. The van der Waals surface area contributed by atoms with Crippen LogP contribution < -0.4 is 5.32 Å². The number of furan rings is 1. The fourth-order valence-corrected chi connectivity index (χ4v) is 2.72. The molecule has 1 amide bonds. The van der Waals surface area contributed by atoms with E-state index in [1.54, 1.807) is 12.1 Å². The lowest BCUT2D eigenvalue weighted by Gasteiger charge is -2.09. The predicted molar refractivity (Wildman–Crippen MR) is 90.0 cm³/mol. The zero-order valence-corrected chi connectivity index (χ0v) is 14.1. The Morgan fingerprint density at radius 1 is 1.50 bits per heavy atom. The van der Waals surface area contributed by atoms with Crippen molar-refractivity contribution in [3.8, 4) is 0 Å². The van der Waals surface area contributed by atoms with Crippen molar-refractivity contribution < 1.29 is 13.6 Å². The lowest BCUT2D eigenvalue weighted by molar-refractivity contribution is 0.0926. The molecule has 2 heterocycles. The summed E-state index contributed by atoms with van der Waals surface area (Å²) in [6, 6.07) is 6.08. The van der Waals surface area contributed by atoms with E-state index < -0.39 is 11.7 Å². The predicted octanol–water partition coefficient (Wildman–Crippen LogP) is 3.38. The summed E-state index contributed by atoms with van der Waals surface area (Å²) in [6.07, 6.45) is 0. The second-order valence-electron chi connectivity index (χ2n) is 5.72. The minimum absolute atomic E-state index is 0.0787. The molecule has 0 radical (unpaired) electrons. The number of nitrogens with one attached hydrogen (secondary N) is 2. The van der Waals surface area contributed by atoms with Crippen LogP contribution in [0.1, 0.15) is 36.1 Å². The van der Waals surface area contributed by atoms with Crippen molar-refractivity contribution in [1.29, 1.82) is 0 Å². The lowest BCUT2D eigenvalue weighted by atomic mass is 10.2. The SMILES string of the molecule is CC(C)c1n[nH]c(=S)n1CCNC(=O)c1cc2cccc(F)c2o1. The quantitative estimate of drug-likeness (QED) is 0.693. The average Bonchev–Trinajstić information content (AvgIpc) is 3.12. The van der Waals surface area contributed by atoms with Crippen molar-refractivity contribution in [2.75, 3.05) is 6.54 Å². The highest BCUT2D eigenvalue weighted by Crippen LogP contribution is 2.21. The minimum Gasteiger partial charge on any atom is -0.448 e. The van der Waals surface area contributed by atoms with Gasteiger partial charge in [0, 0.05) is 24.4 Å². The number of hydrogen-bond acceptors (Lipinski definition) is 4. The summed E-state index contributed by atoms with van der Waals surface area (Å²) in [7, 11) is 0. The summed E-state index contributed by atoms with van der Waals surface area (Å²) in [6.45, 7) is 4.88. The molecule has 2 aromatic heterocycles. The number of benzene rings is 1. The van der Waals surface area contributed by atoms with Crippen LogP contribution in [0.15, 0.2) is 28.7 Å². The third kappa shape index (κ3) is 3.09. The summed E-state index contributed by atoms with van der Waals surface area (Å²) in [5.74, 6) is 0.242. The molecule has 0 aliphatic heterocycles. The van der Waals surface area contributed by atoms with Gasteiger partial charge in [0.2, 0.25) is 0 Å². The first-order valence-corrected chi connectivity index (χ1v) is 7.99. The Bertz CT molecular complexity index is 941. The molecule has 2 N–H and O–H groups in total. The fraction of sp³-hybridized carbons (Fsp3) is 0.312. The number of rotatable bonds is 5. The van der Waals surface area contributed by atoms with Gasteiger partial charge in [-0.05, 0) is 24.4 Å². The first-order valence-electron chi connectivity index (χ1n) is 7.58. The van der Waals surface area contributed by atoms with E-state index in [0.29, 0.717) is 23.2 Å². The zero-order valence-electron chi connectivity index (χ0n) is 13.3. The first kappa shape index (κ1) is 16.4. The van der Waals surface area contributed by atoms with E-state index in [1.807, 2.05) is 18.4 Å². The molecular formula is C16H17FN4O2S. The van der Waals surface area contributed by atoms with Gasteiger partial charge < -0.3 is 14.3 Å². The third-order valence-corrected chi connectivity index (χ3v) is 3.96. The highest BCUT2D eigenvalue weighted by atomic mass is 32.1. The van der Waals surface area contributed by atoms with E-state index in [4.69, 9.17) is 16.6 Å². The Morgan fingerprint density at radius 3 is 3.00 bits per heavy atom. The van der Waals surface area contributed by atoms with Crippen LogP contribution in [0.4, 0.5) is 4.39 Å². The molecule has 0 atom stereocenters. The molecule has 0 saturated carbocycles. The maximum Gasteiger partial charge on any atom is 0.287 e. The molecule has 0 bridgehead atoms. The van der Waals surface area contributed by atoms with Gasteiger partial charge in [0.05, 0.1) is 0 Å². The standard InChI is InChI=1S/C16H17FN4O2S/c1-9(2)14-19-20-16(24)21(14)7-6-18-15(22)12-8-10-4-3-5-11(17)13(10)23-12/h3-5,8-9H,6-7H2,1-2H3,(H,18,22)(H,20,24). The first-order chi connectivity index (χ1) is 11.5. The summed E-state index contributed by atoms with van der Waals surface area (Å²) >= 11 is 5.19. The van der Waals surface area contributed by atoms with Crippen molar-refractivity contribution in [3.05, 3.63) is 46.4 Å². The van der Waals surface area contributed by atoms with Gasteiger partial charge in [0.1, 0.15) is 5.82 Å². The van der Waals surface area contributed by atoms with Crippen LogP contribution in [0, 0.1) is 10.6 Å². The molecular weight excluding hydrogens is 331 g/mol. The highest BCUT2D eigenvalue weighted by molar-refractivity contribution is 7.71. The number of nitrogens with zero attached hydrogens (tertiary/aromatic N) is 2. The van der Waals surface area contributed by atoms with Gasteiger partial charge >= 0.3 is 0 Å². The van der Waals surface area contributed by atoms with Crippen LogP contribution in [0.25, 0.3) is 11.0 Å². The van der Waals surface area contributed by atoms with Crippen LogP contribution in [0.5, 0.6) is 0 Å². The molecule has 24 heavy (non-hydrogen) atoms.